The molecule has 1 amide bonds. The van der Waals surface area contributed by atoms with Crippen molar-refractivity contribution in [2.24, 2.45) is 0 Å². The van der Waals surface area contributed by atoms with Crippen LogP contribution < -0.4 is 15.8 Å². The summed E-state index contributed by atoms with van der Waals surface area (Å²) in [5, 5.41) is 2.96. The van der Waals surface area contributed by atoms with Crippen molar-refractivity contribution in [3.8, 4) is 5.75 Å². The van der Waals surface area contributed by atoms with E-state index in [0.717, 1.165) is 24.3 Å². The molecule has 5 nitrogen and oxygen atoms in total. The number of carbonyl (C=O) groups excluding carboxylic acids is 1. The molecule has 0 bridgehead atoms. The molecule has 28 heavy (non-hydrogen) atoms. The summed E-state index contributed by atoms with van der Waals surface area (Å²) < 4.78 is 11.3. The van der Waals surface area contributed by atoms with Crippen LogP contribution >= 0.6 is 11.8 Å². The summed E-state index contributed by atoms with van der Waals surface area (Å²) in [4.78, 5) is 12.4. The first-order valence-electron chi connectivity index (χ1n) is 10.3. The third-order valence-corrected chi connectivity index (χ3v) is 6.08. The molecule has 3 N–H and O–H groups in total. The summed E-state index contributed by atoms with van der Waals surface area (Å²) in [6.07, 6.45) is 7.77. The highest BCUT2D eigenvalue weighted by molar-refractivity contribution is 7.99. The zero-order chi connectivity index (χ0) is 20.6. The van der Waals surface area contributed by atoms with Gasteiger partial charge in [-0.05, 0) is 48.1 Å². The Hall–Kier alpha value is -1.40. The molecule has 0 atom stereocenters. The van der Waals surface area contributed by atoms with Crippen molar-refractivity contribution >= 4 is 29.0 Å². The number of thioether (sulfide) groups is 1. The van der Waals surface area contributed by atoms with Gasteiger partial charge in [-0.3, -0.25) is 4.79 Å². The van der Waals surface area contributed by atoms with Crippen LogP contribution in [0.1, 0.15) is 64.9 Å². The molecule has 1 aromatic carbocycles. The number of amides is 1. The fraction of sp³-hybridized carbons (Fsp3) is 0.682. The number of carbonyl (C=O) groups is 1. The summed E-state index contributed by atoms with van der Waals surface area (Å²) in [6, 6.07) is 3.87. The molecule has 158 valence electrons. The van der Waals surface area contributed by atoms with Gasteiger partial charge in [0.1, 0.15) is 0 Å². The first-order chi connectivity index (χ1) is 13.3. The average Bonchev–Trinajstić information content (AvgIpc) is 2.64. The maximum Gasteiger partial charge on any atom is 0.234 e. The summed E-state index contributed by atoms with van der Waals surface area (Å²) in [7, 11) is 1.57. The number of ether oxygens (including phenoxy) is 2. The number of nitrogens with one attached hydrogen (secondary N) is 1. The molecule has 2 rings (SSSR count). The van der Waals surface area contributed by atoms with Crippen molar-refractivity contribution in [3.63, 3.8) is 0 Å². The van der Waals surface area contributed by atoms with Gasteiger partial charge in [0.15, 0.2) is 5.75 Å². The quantitative estimate of drug-likeness (QED) is 0.445. The van der Waals surface area contributed by atoms with E-state index in [1.807, 2.05) is 12.1 Å². The topological polar surface area (TPSA) is 73.6 Å². The van der Waals surface area contributed by atoms with Crippen molar-refractivity contribution in [3.05, 3.63) is 17.7 Å². The molecular weight excluding hydrogens is 372 g/mol. The average molecular weight is 409 g/mol. The van der Waals surface area contributed by atoms with Crippen molar-refractivity contribution < 1.29 is 14.3 Å². The summed E-state index contributed by atoms with van der Waals surface area (Å²) in [6.45, 7) is 7.14. The molecule has 6 heteroatoms. The van der Waals surface area contributed by atoms with E-state index in [0.29, 0.717) is 29.0 Å². The fourth-order valence-electron chi connectivity index (χ4n) is 3.40. The number of methoxy groups -OCH3 is 1. The normalized spacial score (nSPS) is 15.4. The fourth-order valence-corrected chi connectivity index (χ4v) is 4.12. The van der Waals surface area contributed by atoms with Gasteiger partial charge in [-0.1, -0.05) is 40.0 Å². The lowest BCUT2D eigenvalue weighted by Gasteiger charge is -2.22. The lowest BCUT2D eigenvalue weighted by atomic mass is 9.86. The van der Waals surface area contributed by atoms with Gasteiger partial charge in [0.25, 0.3) is 0 Å². The smallest absolute Gasteiger partial charge is 0.234 e. The van der Waals surface area contributed by atoms with Crippen molar-refractivity contribution in [1.82, 2.24) is 0 Å². The summed E-state index contributed by atoms with van der Waals surface area (Å²) in [5.41, 5.74) is 8.30. The third-order valence-electron chi connectivity index (χ3n) is 5.03. The molecule has 0 aliphatic heterocycles. The molecule has 1 saturated carbocycles. The van der Waals surface area contributed by atoms with Crippen LogP contribution in [-0.2, 0) is 14.9 Å². The van der Waals surface area contributed by atoms with Gasteiger partial charge in [-0.15, -0.1) is 0 Å². The second-order valence-electron chi connectivity index (χ2n) is 8.48. The lowest BCUT2D eigenvalue weighted by Crippen LogP contribution is -2.18. The Balaban J connectivity index is 1.76. The highest BCUT2D eigenvalue weighted by Gasteiger charge is 2.19. The van der Waals surface area contributed by atoms with E-state index < -0.39 is 0 Å². The number of hydrogen-bond acceptors (Lipinski definition) is 5. The monoisotopic (exact) mass is 408 g/mol. The molecule has 1 aromatic rings. The van der Waals surface area contributed by atoms with Gasteiger partial charge in [-0.25, -0.2) is 0 Å². The number of anilines is 2. The van der Waals surface area contributed by atoms with Crippen LogP contribution in [0.15, 0.2) is 12.1 Å². The molecule has 1 fully saturated rings. The molecule has 1 aliphatic rings. The van der Waals surface area contributed by atoms with Crippen LogP contribution in [0.2, 0.25) is 0 Å². The van der Waals surface area contributed by atoms with E-state index in [-0.39, 0.29) is 11.3 Å². The Morgan fingerprint density at radius 2 is 1.96 bits per heavy atom. The van der Waals surface area contributed by atoms with Gasteiger partial charge < -0.3 is 20.5 Å². The molecule has 1 aliphatic carbocycles. The van der Waals surface area contributed by atoms with Crippen molar-refractivity contribution in [1.29, 1.82) is 0 Å². The van der Waals surface area contributed by atoms with Crippen molar-refractivity contribution in [2.75, 3.05) is 36.3 Å². The first kappa shape index (κ1) is 22.9. The van der Waals surface area contributed by atoms with Gasteiger partial charge >= 0.3 is 0 Å². The van der Waals surface area contributed by atoms with Gasteiger partial charge in [0.2, 0.25) is 5.91 Å². The number of nitrogens with two attached hydrogens (primary N) is 1. The van der Waals surface area contributed by atoms with E-state index in [2.05, 4.69) is 26.1 Å². The Labute approximate surface area is 174 Å². The maximum absolute atomic E-state index is 12.4. The number of rotatable bonds is 9. The lowest BCUT2D eigenvalue weighted by molar-refractivity contribution is -0.113. The van der Waals surface area contributed by atoms with E-state index >= 15 is 0 Å². The number of benzene rings is 1. The summed E-state index contributed by atoms with van der Waals surface area (Å²) in [5.74, 6) is 1.81. The standard InChI is InChI=1S/C22H36N2O3S/c1-22(2,3)16-13-18(23)21(26-4)19(14-16)24-20(25)15-28-12-8-11-27-17-9-6-5-7-10-17/h13-14,17H,5-12,15,23H2,1-4H3,(H,24,25). The number of nitrogen functional groups attached to an aromatic ring is 1. The van der Waals surface area contributed by atoms with Crippen LogP contribution in [0.25, 0.3) is 0 Å². The minimum absolute atomic E-state index is 0.0399. The molecule has 0 unspecified atom stereocenters. The summed E-state index contributed by atoms with van der Waals surface area (Å²) >= 11 is 1.63. The van der Waals surface area contributed by atoms with Crippen LogP contribution in [0.4, 0.5) is 11.4 Å². The zero-order valence-electron chi connectivity index (χ0n) is 17.8. The van der Waals surface area contributed by atoms with E-state index in [1.165, 1.54) is 32.1 Å². The molecule has 0 radical (unpaired) electrons. The second-order valence-corrected chi connectivity index (χ2v) is 9.59. The largest absolute Gasteiger partial charge is 0.492 e. The predicted molar refractivity (Wildman–Crippen MR) is 120 cm³/mol. The molecular formula is C22H36N2O3S. The van der Waals surface area contributed by atoms with Gasteiger partial charge in [0.05, 0.1) is 30.3 Å². The first-order valence-corrected chi connectivity index (χ1v) is 11.4. The highest BCUT2D eigenvalue weighted by Crippen LogP contribution is 2.36. The Kier molecular flexibility index (Phi) is 8.96. The van der Waals surface area contributed by atoms with Crippen LogP contribution in [-0.4, -0.2) is 37.2 Å². The molecule has 0 saturated heterocycles. The van der Waals surface area contributed by atoms with Gasteiger partial charge in [0, 0.05) is 6.61 Å². The maximum atomic E-state index is 12.4. The van der Waals surface area contributed by atoms with E-state index in [9.17, 15) is 4.79 Å². The van der Waals surface area contributed by atoms with Crippen LogP contribution in [0, 0.1) is 0 Å². The third kappa shape index (κ3) is 7.21. The Morgan fingerprint density at radius 1 is 1.25 bits per heavy atom. The van der Waals surface area contributed by atoms with Crippen LogP contribution in [0.5, 0.6) is 5.75 Å². The zero-order valence-corrected chi connectivity index (χ0v) is 18.6. The van der Waals surface area contributed by atoms with E-state index in [1.54, 1.807) is 18.9 Å². The highest BCUT2D eigenvalue weighted by atomic mass is 32.2. The van der Waals surface area contributed by atoms with Crippen LogP contribution in [0.3, 0.4) is 0 Å². The SMILES string of the molecule is COc1c(N)cc(C(C)(C)C)cc1NC(=O)CSCCCOC1CCCCC1. The van der Waals surface area contributed by atoms with E-state index in [4.69, 9.17) is 15.2 Å². The number of hydrogen-bond donors (Lipinski definition) is 2. The molecule has 0 aromatic heterocycles. The Morgan fingerprint density at radius 3 is 2.61 bits per heavy atom. The molecule has 0 heterocycles. The molecule has 0 spiro atoms. The van der Waals surface area contributed by atoms with Crippen molar-refractivity contribution in [2.45, 2.75) is 70.8 Å². The predicted octanol–water partition coefficient (Wildman–Crippen LogP) is 4.99. The van der Waals surface area contributed by atoms with Gasteiger partial charge in [-0.2, -0.15) is 11.8 Å². The Bertz CT molecular complexity index is 637. The minimum atomic E-state index is -0.0625. The minimum Gasteiger partial charge on any atom is -0.492 e. The second kappa shape index (κ2) is 11.0.